The van der Waals surface area contributed by atoms with Crippen LogP contribution in [0.5, 0.6) is 0 Å². The highest BCUT2D eigenvalue weighted by molar-refractivity contribution is 8.15. The van der Waals surface area contributed by atoms with Crippen molar-refractivity contribution in [3.8, 4) is 0 Å². The van der Waals surface area contributed by atoms with E-state index in [0.29, 0.717) is 22.2 Å². The smallest absolute Gasteiger partial charge is 0.338 e. The second-order valence-electron chi connectivity index (χ2n) is 5.15. The van der Waals surface area contributed by atoms with Crippen LogP contribution in [-0.4, -0.2) is 44.6 Å². The van der Waals surface area contributed by atoms with Crippen LogP contribution in [0.2, 0.25) is 0 Å². The Kier molecular flexibility index (Phi) is 3.56. The molecular formula is C14H16N4O3S. The maximum absolute atomic E-state index is 12.3. The maximum Gasteiger partial charge on any atom is 0.338 e. The number of hydrogen-bond acceptors (Lipinski definition) is 6. The number of amides is 1. The molecule has 8 heteroatoms. The molecule has 116 valence electrons. The molecule has 0 aromatic carbocycles. The molecule has 1 atom stereocenters. The number of hydrogen-bond donors (Lipinski definition) is 0. The summed E-state index contributed by atoms with van der Waals surface area (Å²) in [6, 6.07) is -0.531. The first kappa shape index (κ1) is 14.8. The van der Waals surface area contributed by atoms with E-state index in [2.05, 4.69) is 10.1 Å². The van der Waals surface area contributed by atoms with E-state index in [1.165, 1.54) is 18.9 Å². The Balaban J connectivity index is 2.21. The van der Waals surface area contributed by atoms with E-state index >= 15 is 0 Å². The minimum Gasteiger partial charge on any atom is -0.466 e. The van der Waals surface area contributed by atoms with Gasteiger partial charge in [0.05, 0.1) is 30.3 Å². The van der Waals surface area contributed by atoms with Gasteiger partial charge in [0.15, 0.2) is 5.17 Å². The number of aromatic nitrogens is 2. The van der Waals surface area contributed by atoms with Crippen molar-refractivity contribution in [3.63, 3.8) is 0 Å². The summed E-state index contributed by atoms with van der Waals surface area (Å²) in [6.07, 6.45) is 1.69. The van der Waals surface area contributed by atoms with Gasteiger partial charge >= 0.3 is 5.97 Å². The van der Waals surface area contributed by atoms with Crippen LogP contribution in [-0.2, 0) is 21.4 Å². The highest BCUT2D eigenvalue weighted by Gasteiger charge is 2.44. The summed E-state index contributed by atoms with van der Waals surface area (Å²) in [5.41, 5.74) is 2.67. The zero-order valence-corrected chi connectivity index (χ0v) is 13.6. The van der Waals surface area contributed by atoms with Crippen molar-refractivity contribution in [2.24, 2.45) is 12.0 Å². The second-order valence-corrected chi connectivity index (χ2v) is 6.09. The van der Waals surface area contributed by atoms with Gasteiger partial charge in [-0.25, -0.2) is 9.79 Å². The van der Waals surface area contributed by atoms with Crippen LogP contribution in [0, 0.1) is 6.92 Å². The predicted molar refractivity (Wildman–Crippen MR) is 82.1 cm³/mol. The Morgan fingerprint density at radius 2 is 2.18 bits per heavy atom. The van der Waals surface area contributed by atoms with Gasteiger partial charge in [0.1, 0.15) is 6.04 Å². The van der Waals surface area contributed by atoms with E-state index in [4.69, 9.17) is 4.74 Å². The van der Waals surface area contributed by atoms with Crippen molar-refractivity contribution in [2.75, 3.05) is 12.9 Å². The maximum atomic E-state index is 12.3. The first-order valence-electron chi connectivity index (χ1n) is 6.76. The number of esters is 1. The van der Waals surface area contributed by atoms with Crippen molar-refractivity contribution in [3.05, 3.63) is 28.7 Å². The fourth-order valence-electron chi connectivity index (χ4n) is 2.69. The SMILES string of the molecule is COC(=O)C1=C(C)N=C2SCC(=O)N2[C@H]1c1cnn(C)c1C. The average Bonchev–Trinajstić information content (AvgIpc) is 3.01. The quantitative estimate of drug-likeness (QED) is 0.764. The minimum absolute atomic E-state index is 0.0640. The third-order valence-electron chi connectivity index (χ3n) is 3.96. The molecule has 2 aliphatic heterocycles. The fraction of sp³-hybridized carbons (Fsp3) is 0.429. The van der Waals surface area contributed by atoms with Gasteiger partial charge in [-0.05, 0) is 13.8 Å². The highest BCUT2D eigenvalue weighted by atomic mass is 32.2. The summed E-state index contributed by atoms with van der Waals surface area (Å²) in [5, 5.41) is 4.86. The zero-order valence-electron chi connectivity index (χ0n) is 12.8. The van der Waals surface area contributed by atoms with Gasteiger partial charge in [0.2, 0.25) is 5.91 Å². The van der Waals surface area contributed by atoms with E-state index in [0.717, 1.165) is 11.3 Å². The van der Waals surface area contributed by atoms with Gasteiger partial charge in [-0.3, -0.25) is 14.4 Å². The standard InChI is InChI=1S/C14H16N4O3S/c1-7-11(13(20)21-4)12(9-5-15-17(3)8(9)2)18-10(19)6-22-14(18)16-7/h5,12H,6H2,1-4H3/t12-/m0/s1. The van der Waals surface area contributed by atoms with Crippen molar-refractivity contribution >= 4 is 28.8 Å². The Morgan fingerprint density at radius 3 is 2.77 bits per heavy atom. The molecule has 1 aromatic rings. The van der Waals surface area contributed by atoms with Crippen LogP contribution < -0.4 is 0 Å². The fourth-order valence-corrected chi connectivity index (χ4v) is 3.63. The molecule has 0 N–H and O–H groups in total. The lowest BCUT2D eigenvalue weighted by molar-refractivity contribution is -0.137. The van der Waals surface area contributed by atoms with Gasteiger partial charge in [-0.15, -0.1) is 0 Å². The summed E-state index contributed by atoms with van der Waals surface area (Å²) in [4.78, 5) is 30.5. The highest BCUT2D eigenvalue weighted by Crippen LogP contribution is 2.41. The van der Waals surface area contributed by atoms with Crippen LogP contribution in [0.1, 0.15) is 24.2 Å². The number of methoxy groups -OCH3 is 1. The normalized spacial score (nSPS) is 21.1. The molecule has 0 aliphatic carbocycles. The third-order valence-corrected chi connectivity index (χ3v) is 4.89. The molecule has 1 fully saturated rings. The van der Waals surface area contributed by atoms with Crippen molar-refractivity contribution in [2.45, 2.75) is 19.9 Å². The first-order valence-corrected chi connectivity index (χ1v) is 7.75. The van der Waals surface area contributed by atoms with Gasteiger partial charge < -0.3 is 4.74 Å². The minimum atomic E-state index is -0.531. The summed E-state index contributed by atoms with van der Waals surface area (Å²) in [5.74, 6) is -0.208. The lowest BCUT2D eigenvalue weighted by atomic mass is 9.95. The molecule has 3 rings (SSSR count). The van der Waals surface area contributed by atoms with Crippen LogP contribution in [0.4, 0.5) is 0 Å². The molecule has 22 heavy (non-hydrogen) atoms. The van der Waals surface area contributed by atoms with Gasteiger partial charge in [0.25, 0.3) is 0 Å². The molecule has 0 saturated carbocycles. The Hall–Kier alpha value is -2.09. The number of thioether (sulfide) groups is 1. The molecule has 0 spiro atoms. The summed E-state index contributed by atoms with van der Waals surface area (Å²) in [6.45, 7) is 3.67. The van der Waals surface area contributed by atoms with E-state index < -0.39 is 12.0 Å². The number of ether oxygens (including phenoxy) is 1. The lowest BCUT2D eigenvalue weighted by Crippen LogP contribution is -2.39. The number of carbonyl (C=O) groups excluding carboxylic acids is 2. The number of amidine groups is 1. The Bertz CT molecular complexity index is 734. The van der Waals surface area contributed by atoms with Crippen LogP contribution in [0.25, 0.3) is 0 Å². The van der Waals surface area contributed by atoms with E-state index in [-0.39, 0.29) is 5.91 Å². The number of rotatable bonds is 2. The third kappa shape index (κ3) is 2.06. The van der Waals surface area contributed by atoms with Gasteiger partial charge in [-0.2, -0.15) is 5.10 Å². The predicted octanol–water partition coefficient (Wildman–Crippen LogP) is 1.16. The average molecular weight is 320 g/mol. The van der Waals surface area contributed by atoms with E-state index in [1.54, 1.807) is 22.7 Å². The molecule has 1 aromatic heterocycles. The second kappa shape index (κ2) is 5.28. The molecule has 1 amide bonds. The van der Waals surface area contributed by atoms with Crippen LogP contribution in [0.3, 0.4) is 0 Å². The van der Waals surface area contributed by atoms with Crippen molar-refractivity contribution in [1.82, 2.24) is 14.7 Å². The van der Waals surface area contributed by atoms with E-state index in [9.17, 15) is 9.59 Å². The van der Waals surface area contributed by atoms with E-state index in [1.807, 2.05) is 14.0 Å². The van der Waals surface area contributed by atoms with Gasteiger partial charge in [-0.1, -0.05) is 11.8 Å². The number of nitrogens with zero attached hydrogens (tertiary/aromatic N) is 4. The Labute approximate surface area is 132 Å². The molecule has 0 radical (unpaired) electrons. The molecule has 2 aliphatic rings. The lowest BCUT2D eigenvalue weighted by Gasteiger charge is -2.32. The molecule has 3 heterocycles. The number of allylic oxidation sites excluding steroid dienone is 1. The number of aliphatic imine (C=N–C) groups is 1. The topological polar surface area (TPSA) is 76.8 Å². The van der Waals surface area contributed by atoms with Crippen molar-refractivity contribution < 1.29 is 14.3 Å². The number of carbonyl (C=O) groups is 2. The molecule has 0 bridgehead atoms. The summed E-state index contributed by atoms with van der Waals surface area (Å²) in [7, 11) is 3.15. The van der Waals surface area contributed by atoms with Gasteiger partial charge in [0, 0.05) is 18.3 Å². The number of aryl methyl sites for hydroxylation is 1. The molecule has 7 nitrogen and oxygen atoms in total. The molecular weight excluding hydrogens is 304 g/mol. The van der Waals surface area contributed by atoms with Crippen LogP contribution >= 0.6 is 11.8 Å². The molecule has 1 saturated heterocycles. The number of fused-ring (bicyclic) bond motifs is 1. The summed E-state index contributed by atoms with van der Waals surface area (Å²) >= 11 is 1.38. The van der Waals surface area contributed by atoms with Crippen LogP contribution in [0.15, 0.2) is 22.5 Å². The largest absolute Gasteiger partial charge is 0.466 e. The monoisotopic (exact) mass is 320 g/mol. The molecule has 0 unspecified atom stereocenters. The van der Waals surface area contributed by atoms with Crippen molar-refractivity contribution in [1.29, 1.82) is 0 Å². The summed E-state index contributed by atoms with van der Waals surface area (Å²) < 4.78 is 6.63. The first-order chi connectivity index (χ1) is 10.5. The zero-order chi connectivity index (χ0) is 16.0. The Morgan fingerprint density at radius 1 is 1.45 bits per heavy atom.